The van der Waals surface area contributed by atoms with Gasteiger partial charge in [0, 0.05) is 24.8 Å². The third-order valence-electron chi connectivity index (χ3n) is 4.64. The summed E-state index contributed by atoms with van der Waals surface area (Å²) in [5.74, 6) is 0.894. The minimum absolute atomic E-state index is 0.493. The fraction of sp³-hybridized carbons (Fsp3) is 0.625. The standard InChI is InChI=1S/C16H22N4/c1-12-7-9-19-16(13(12)11-17)20-10-3-2-6-15(20)14-5-4-8-18-14/h7,9,14-15,18H,2-6,8,10H2,1H3. The lowest BCUT2D eigenvalue weighted by atomic mass is 9.94. The van der Waals surface area contributed by atoms with E-state index in [-0.39, 0.29) is 0 Å². The normalized spacial score (nSPS) is 26.5. The topological polar surface area (TPSA) is 52.0 Å². The molecule has 2 aliphatic rings. The first-order chi connectivity index (χ1) is 9.81. The van der Waals surface area contributed by atoms with Gasteiger partial charge >= 0.3 is 0 Å². The molecule has 2 fully saturated rings. The van der Waals surface area contributed by atoms with Crippen molar-refractivity contribution in [2.45, 2.75) is 51.1 Å². The quantitative estimate of drug-likeness (QED) is 0.896. The van der Waals surface area contributed by atoms with Gasteiger partial charge in [0.15, 0.2) is 0 Å². The Hall–Kier alpha value is -1.60. The molecule has 0 aromatic carbocycles. The summed E-state index contributed by atoms with van der Waals surface area (Å²) in [5, 5.41) is 13.1. The minimum Gasteiger partial charge on any atom is -0.351 e. The Balaban J connectivity index is 1.94. The van der Waals surface area contributed by atoms with Crippen LogP contribution >= 0.6 is 0 Å². The van der Waals surface area contributed by atoms with Gasteiger partial charge in [0.2, 0.25) is 0 Å². The molecular formula is C16H22N4. The van der Waals surface area contributed by atoms with Crippen LogP contribution in [0.5, 0.6) is 0 Å². The molecule has 1 N–H and O–H groups in total. The highest BCUT2D eigenvalue weighted by Gasteiger charge is 2.33. The van der Waals surface area contributed by atoms with Crippen LogP contribution < -0.4 is 10.2 Å². The fourth-order valence-corrected chi connectivity index (χ4v) is 3.58. The van der Waals surface area contributed by atoms with Gasteiger partial charge in [-0.15, -0.1) is 0 Å². The number of nitrogens with zero attached hydrogens (tertiary/aromatic N) is 3. The van der Waals surface area contributed by atoms with E-state index in [0.717, 1.165) is 30.0 Å². The molecule has 1 aromatic heterocycles. The van der Waals surface area contributed by atoms with Crippen molar-refractivity contribution in [1.82, 2.24) is 10.3 Å². The summed E-state index contributed by atoms with van der Waals surface area (Å²) in [4.78, 5) is 6.92. The van der Waals surface area contributed by atoms with Crippen LogP contribution in [0, 0.1) is 18.3 Å². The second-order valence-electron chi connectivity index (χ2n) is 5.90. The summed E-state index contributed by atoms with van der Waals surface area (Å²) in [6, 6.07) is 5.33. The van der Waals surface area contributed by atoms with E-state index in [1.54, 1.807) is 0 Å². The average molecular weight is 270 g/mol. The van der Waals surface area contributed by atoms with Crippen LogP contribution in [0.4, 0.5) is 5.82 Å². The van der Waals surface area contributed by atoms with Crippen molar-refractivity contribution >= 4 is 5.82 Å². The van der Waals surface area contributed by atoms with Gasteiger partial charge < -0.3 is 10.2 Å². The van der Waals surface area contributed by atoms with E-state index in [9.17, 15) is 5.26 Å². The van der Waals surface area contributed by atoms with Gasteiger partial charge in [-0.3, -0.25) is 0 Å². The number of nitriles is 1. The summed E-state index contributed by atoms with van der Waals surface area (Å²) in [6.45, 7) is 4.14. The molecule has 1 aromatic rings. The molecule has 3 heterocycles. The maximum absolute atomic E-state index is 9.45. The molecule has 2 atom stereocenters. The van der Waals surface area contributed by atoms with Gasteiger partial charge in [0.1, 0.15) is 11.9 Å². The Labute approximate surface area is 120 Å². The molecular weight excluding hydrogens is 248 g/mol. The van der Waals surface area contributed by atoms with E-state index < -0.39 is 0 Å². The Kier molecular flexibility index (Phi) is 3.88. The van der Waals surface area contributed by atoms with Crippen molar-refractivity contribution in [3.8, 4) is 6.07 Å². The Bertz CT molecular complexity index is 514. The van der Waals surface area contributed by atoms with Gasteiger partial charge in [0.05, 0.1) is 5.56 Å². The molecule has 0 spiro atoms. The number of aromatic nitrogens is 1. The number of anilines is 1. The summed E-state index contributed by atoms with van der Waals surface area (Å²) < 4.78 is 0. The molecule has 0 aliphatic carbocycles. The van der Waals surface area contributed by atoms with Crippen LogP contribution in [0.3, 0.4) is 0 Å². The molecule has 4 heteroatoms. The monoisotopic (exact) mass is 270 g/mol. The van der Waals surface area contributed by atoms with Gasteiger partial charge in [-0.2, -0.15) is 5.26 Å². The van der Waals surface area contributed by atoms with Crippen molar-refractivity contribution < 1.29 is 0 Å². The zero-order chi connectivity index (χ0) is 13.9. The van der Waals surface area contributed by atoms with Crippen molar-refractivity contribution in [2.24, 2.45) is 0 Å². The number of hydrogen-bond acceptors (Lipinski definition) is 4. The van der Waals surface area contributed by atoms with E-state index in [4.69, 9.17) is 0 Å². The average Bonchev–Trinajstić information content (AvgIpc) is 3.01. The van der Waals surface area contributed by atoms with Crippen molar-refractivity contribution in [3.63, 3.8) is 0 Å². The molecule has 20 heavy (non-hydrogen) atoms. The highest BCUT2D eigenvalue weighted by molar-refractivity contribution is 5.58. The molecule has 2 aliphatic heterocycles. The zero-order valence-electron chi connectivity index (χ0n) is 12.1. The first kappa shape index (κ1) is 13.4. The molecule has 4 nitrogen and oxygen atoms in total. The van der Waals surface area contributed by atoms with Gasteiger partial charge in [0.25, 0.3) is 0 Å². The molecule has 2 unspecified atom stereocenters. The Morgan fingerprint density at radius 1 is 1.35 bits per heavy atom. The van der Waals surface area contributed by atoms with Crippen LogP contribution in [0.25, 0.3) is 0 Å². The number of nitrogens with one attached hydrogen (secondary N) is 1. The molecule has 0 amide bonds. The minimum atomic E-state index is 0.493. The van der Waals surface area contributed by atoms with Crippen molar-refractivity contribution in [1.29, 1.82) is 5.26 Å². The van der Waals surface area contributed by atoms with Gasteiger partial charge in [-0.05, 0) is 57.2 Å². The predicted octanol–water partition coefficient (Wildman–Crippen LogP) is 2.37. The molecule has 0 bridgehead atoms. The number of hydrogen-bond donors (Lipinski definition) is 1. The first-order valence-corrected chi connectivity index (χ1v) is 7.67. The molecule has 3 rings (SSSR count). The fourth-order valence-electron chi connectivity index (χ4n) is 3.58. The third-order valence-corrected chi connectivity index (χ3v) is 4.64. The Morgan fingerprint density at radius 3 is 3.00 bits per heavy atom. The molecule has 0 saturated carbocycles. The smallest absolute Gasteiger partial charge is 0.147 e. The van der Waals surface area contributed by atoms with E-state index in [2.05, 4.69) is 21.3 Å². The predicted molar refractivity (Wildman–Crippen MR) is 79.7 cm³/mol. The van der Waals surface area contributed by atoms with E-state index in [1.165, 1.54) is 32.1 Å². The lowest BCUT2D eigenvalue weighted by molar-refractivity contribution is 0.376. The number of pyridine rings is 1. The highest BCUT2D eigenvalue weighted by Crippen LogP contribution is 2.30. The maximum atomic E-state index is 9.45. The Morgan fingerprint density at radius 2 is 2.25 bits per heavy atom. The highest BCUT2D eigenvalue weighted by atomic mass is 15.2. The first-order valence-electron chi connectivity index (χ1n) is 7.67. The summed E-state index contributed by atoms with van der Waals surface area (Å²) in [6.07, 6.45) is 8.03. The zero-order valence-corrected chi connectivity index (χ0v) is 12.1. The second kappa shape index (κ2) is 5.80. The lowest BCUT2D eigenvalue weighted by Crippen LogP contribution is -2.51. The van der Waals surface area contributed by atoms with Crippen LogP contribution in [0.2, 0.25) is 0 Å². The summed E-state index contributed by atoms with van der Waals surface area (Å²) >= 11 is 0. The van der Waals surface area contributed by atoms with E-state index >= 15 is 0 Å². The molecule has 2 saturated heterocycles. The largest absolute Gasteiger partial charge is 0.351 e. The van der Waals surface area contributed by atoms with Crippen LogP contribution in [0.1, 0.15) is 43.2 Å². The van der Waals surface area contributed by atoms with Crippen LogP contribution in [0.15, 0.2) is 12.3 Å². The SMILES string of the molecule is Cc1ccnc(N2CCCCC2C2CCCN2)c1C#N. The van der Waals surface area contributed by atoms with Crippen molar-refractivity contribution in [2.75, 3.05) is 18.0 Å². The lowest BCUT2D eigenvalue weighted by Gasteiger charge is -2.40. The molecule has 0 radical (unpaired) electrons. The second-order valence-corrected chi connectivity index (χ2v) is 5.90. The summed E-state index contributed by atoms with van der Waals surface area (Å²) in [7, 11) is 0. The van der Waals surface area contributed by atoms with E-state index in [0.29, 0.717) is 12.1 Å². The van der Waals surface area contributed by atoms with Gasteiger partial charge in [-0.25, -0.2) is 4.98 Å². The van der Waals surface area contributed by atoms with Crippen LogP contribution in [-0.2, 0) is 0 Å². The van der Waals surface area contributed by atoms with Gasteiger partial charge in [-0.1, -0.05) is 0 Å². The van der Waals surface area contributed by atoms with Crippen molar-refractivity contribution in [3.05, 3.63) is 23.4 Å². The number of rotatable bonds is 2. The van der Waals surface area contributed by atoms with Crippen LogP contribution in [-0.4, -0.2) is 30.2 Å². The number of piperidine rings is 1. The number of aryl methyl sites for hydroxylation is 1. The molecule has 106 valence electrons. The van der Waals surface area contributed by atoms with E-state index in [1.807, 2.05) is 19.2 Å². The maximum Gasteiger partial charge on any atom is 0.147 e. The third kappa shape index (κ3) is 2.38. The summed E-state index contributed by atoms with van der Waals surface area (Å²) in [5.41, 5.74) is 1.78.